The van der Waals surface area contributed by atoms with Gasteiger partial charge in [-0.2, -0.15) is 4.31 Å². The van der Waals surface area contributed by atoms with E-state index in [-0.39, 0.29) is 16.5 Å². The average molecular weight is 397 g/mol. The van der Waals surface area contributed by atoms with E-state index >= 15 is 0 Å². The number of benzene rings is 2. The van der Waals surface area contributed by atoms with Crippen LogP contribution in [0.3, 0.4) is 0 Å². The van der Waals surface area contributed by atoms with Crippen LogP contribution in [0.2, 0.25) is 5.02 Å². The van der Waals surface area contributed by atoms with Gasteiger partial charge >= 0.3 is 0 Å². The van der Waals surface area contributed by atoms with Crippen molar-refractivity contribution in [2.45, 2.75) is 18.7 Å². The van der Waals surface area contributed by atoms with Gasteiger partial charge in [-0.1, -0.05) is 43.6 Å². The first kappa shape index (κ1) is 20.2. The summed E-state index contributed by atoms with van der Waals surface area (Å²) in [5.74, 6) is 0.172. The number of amides is 1. The topological polar surface area (TPSA) is 75.7 Å². The Morgan fingerprint density at radius 3 is 2.38 bits per heavy atom. The molecule has 6 nitrogen and oxygen atoms in total. The summed E-state index contributed by atoms with van der Waals surface area (Å²) in [6, 6.07) is 13.3. The minimum atomic E-state index is -3.73. The third-order valence-corrected chi connectivity index (χ3v) is 6.18. The van der Waals surface area contributed by atoms with Crippen molar-refractivity contribution in [1.82, 2.24) is 4.31 Å². The van der Waals surface area contributed by atoms with E-state index in [1.807, 2.05) is 6.07 Å². The van der Waals surface area contributed by atoms with Crippen LogP contribution in [0.25, 0.3) is 0 Å². The van der Waals surface area contributed by atoms with Gasteiger partial charge in [0.15, 0.2) is 6.61 Å². The lowest BCUT2D eigenvalue weighted by atomic mass is 10.3. The molecule has 0 aromatic heterocycles. The number of carbonyl (C=O) groups is 1. The molecule has 0 spiro atoms. The lowest BCUT2D eigenvalue weighted by Gasteiger charge is -2.19. The van der Waals surface area contributed by atoms with Gasteiger partial charge in [0.1, 0.15) is 10.6 Å². The van der Waals surface area contributed by atoms with Crippen molar-refractivity contribution in [3.8, 4) is 5.75 Å². The van der Waals surface area contributed by atoms with Crippen LogP contribution >= 0.6 is 11.6 Å². The fourth-order valence-electron chi connectivity index (χ4n) is 2.34. The SMILES string of the molecule is CCN(CC)S(=O)(=O)c1cc(NC(=O)COc2ccccc2)ccc1Cl. The van der Waals surface area contributed by atoms with Gasteiger partial charge in [-0.05, 0) is 30.3 Å². The molecule has 0 aliphatic rings. The van der Waals surface area contributed by atoms with Gasteiger partial charge in [0.25, 0.3) is 5.91 Å². The zero-order valence-corrected chi connectivity index (χ0v) is 16.2. The van der Waals surface area contributed by atoms with E-state index < -0.39 is 15.9 Å². The van der Waals surface area contributed by atoms with Crippen molar-refractivity contribution in [2.24, 2.45) is 0 Å². The van der Waals surface area contributed by atoms with E-state index in [1.54, 1.807) is 44.2 Å². The number of hydrogen-bond donors (Lipinski definition) is 1. The van der Waals surface area contributed by atoms with E-state index in [0.717, 1.165) is 0 Å². The van der Waals surface area contributed by atoms with E-state index in [1.165, 1.54) is 16.4 Å². The molecule has 8 heteroatoms. The van der Waals surface area contributed by atoms with Crippen molar-refractivity contribution in [2.75, 3.05) is 25.0 Å². The third kappa shape index (κ3) is 4.97. The molecule has 2 aromatic carbocycles. The summed E-state index contributed by atoms with van der Waals surface area (Å²) in [6.45, 7) is 3.97. The number of carbonyl (C=O) groups excluding carboxylic acids is 1. The maximum absolute atomic E-state index is 12.7. The number of halogens is 1. The molecular formula is C18H21ClN2O4S. The van der Waals surface area contributed by atoms with E-state index in [4.69, 9.17) is 16.3 Å². The molecule has 0 unspecified atom stereocenters. The van der Waals surface area contributed by atoms with Crippen LogP contribution in [-0.2, 0) is 14.8 Å². The van der Waals surface area contributed by atoms with Crippen molar-refractivity contribution in [3.05, 3.63) is 53.6 Å². The molecule has 0 atom stereocenters. The molecule has 2 rings (SSSR count). The Kier molecular flexibility index (Phi) is 7.02. The molecule has 0 radical (unpaired) electrons. The lowest BCUT2D eigenvalue weighted by molar-refractivity contribution is -0.118. The summed E-state index contributed by atoms with van der Waals surface area (Å²) in [5, 5.41) is 2.73. The first-order chi connectivity index (χ1) is 12.4. The highest BCUT2D eigenvalue weighted by Crippen LogP contribution is 2.27. The molecule has 2 aromatic rings. The zero-order chi connectivity index (χ0) is 19.2. The number of nitrogens with one attached hydrogen (secondary N) is 1. The number of hydrogen-bond acceptors (Lipinski definition) is 4. The van der Waals surface area contributed by atoms with Crippen LogP contribution in [0.5, 0.6) is 5.75 Å². The number of ether oxygens (including phenoxy) is 1. The fraction of sp³-hybridized carbons (Fsp3) is 0.278. The summed E-state index contributed by atoms with van der Waals surface area (Å²) < 4.78 is 32.0. The number of para-hydroxylation sites is 1. The van der Waals surface area contributed by atoms with Crippen molar-refractivity contribution < 1.29 is 17.9 Å². The summed E-state index contributed by atoms with van der Waals surface area (Å²) in [7, 11) is -3.73. The largest absolute Gasteiger partial charge is 0.484 e. The molecule has 1 N–H and O–H groups in total. The Balaban J connectivity index is 2.12. The van der Waals surface area contributed by atoms with Gasteiger partial charge in [0.05, 0.1) is 5.02 Å². The van der Waals surface area contributed by atoms with E-state index in [9.17, 15) is 13.2 Å². The minimum absolute atomic E-state index is 0.0374. The van der Waals surface area contributed by atoms with Crippen LogP contribution in [0.15, 0.2) is 53.4 Å². The van der Waals surface area contributed by atoms with Crippen LogP contribution in [-0.4, -0.2) is 38.3 Å². The second-order valence-corrected chi connectivity index (χ2v) is 7.70. The molecule has 0 fully saturated rings. The van der Waals surface area contributed by atoms with E-state index in [2.05, 4.69) is 5.32 Å². The van der Waals surface area contributed by atoms with Crippen molar-refractivity contribution >= 4 is 33.2 Å². The summed E-state index contributed by atoms with van der Waals surface area (Å²) in [4.78, 5) is 12.0. The predicted octanol–water partition coefficient (Wildman–Crippen LogP) is 3.39. The van der Waals surface area contributed by atoms with Crippen LogP contribution in [0.1, 0.15) is 13.8 Å². The number of rotatable bonds is 8. The molecule has 0 bridgehead atoms. The van der Waals surface area contributed by atoms with Crippen molar-refractivity contribution in [3.63, 3.8) is 0 Å². The second kappa shape index (κ2) is 9.02. The normalized spacial score (nSPS) is 11.4. The smallest absolute Gasteiger partial charge is 0.262 e. The number of anilines is 1. The Morgan fingerprint density at radius 2 is 1.77 bits per heavy atom. The molecule has 1 amide bonds. The quantitative estimate of drug-likeness (QED) is 0.742. The zero-order valence-electron chi connectivity index (χ0n) is 14.6. The highest BCUT2D eigenvalue weighted by molar-refractivity contribution is 7.89. The van der Waals surface area contributed by atoms with Crippen LogP contribution in [0, 0.1) is 0 Å². The number of sulfonamides is 1. The molecule has 0 saturated carbocycles. The summed E-state index contributed by atoms with van der Waals surface area (Å²) in [6.07, 6.45) is 0. The van der Waals surface area contributed by atoms with Gasteiger partial charge in [-0.15, -0.1) is 0 Å². The van der Waals surface area contributed by atoms with Crippen LogP contribution < -0.4 is 10.1 Å². The van der Waals surface area contributed by atoms with Gasteiger partial charge in [-0.25, -0.2) is 8.42 Å². The maximum atomic E-state index is 12.7. The lowest BCUT2D eigenvalue weighted by Crippen LogP contribution is -2.31. The maximum Gasteiger partial charge on any atom is 0.262 e. The molecular weight excluding hydrogens is 376 g/mol. The molecule has 0 saturated heterocycles. The Hall–Kier alpha value is -2.09. The third-order valence-electron chi connectivity index (χ3n) is 3.65. The standard InChI is InChI=1S/C18H21ClN2O4S/c1-3-21(4-2)26(23,24)17-12-14(10-11-16(17)19)20-18(22)13-25-15-8-6-5-7-9-15/h5-12H,3-4,13H2,1-2H3,(H,20,22). The van der Waals surface area contributed by atoms with Gasteiger partial charge in [0.2, 0.25) is 10.0 Å². The number of nitrogens with zero attached hydrogens (tertiary/aromatic N) is 1. The molecule has 0 aliphatic carbocycles. The monoisotopic (exact) mass is 396 g/mol. The highest BCUT2D eigenvalue weighted by Gasteiger charge is 2.24. The highest BCUT2D eigenvalue weighted by atomic mass is 35.5. The Labute approximate surface area is 158 Å². The molecule has 140 valence electrons. The Morgan fingerprint density at radius 1 is 1.12 bits per heavy atom. The fourth-order valence-corrected chi connectivity index (χ4v) is 4.30. The van der Waals surface area contributed by atoms with E-state index in [0.29, 0.717) is 24.5 Å². The second-order valence-electron chi connectivity index (χ2n) is 5.38. The minimum Gasteiger partial charge on any atom is -0.484 e. The van der Waals surface area contributed by atoms with Crippen LogP contribution in [0.4, 0.5) is 5.69 Å². The Bertz CT molecular complexity index is 853. The molecule has 0 heterocycles. The van der Waals surface area contributed by atoms with Gasteiger partial charge in [-0.3, -0.25) is 4.79 Å². The first-order valence-electron chi connectivity index (χ1n) is 8.15. The van der Waals surface area contributed by atoms with Gasteiger partial charge < -0.3 is 10.1 Å². The molecule has 26 heavy (non-hydrogen) atoms. The molecule has 0 aliphatic heterocycles. The summed E-state index contributed by atoms with van der Waals surface area (Å²) >= 11 is 6.07. The average Bonchev–Trinajstić information content (AvgIpc) is 2.63. The summed E-state index contributed by atoms with van der Waals surface area (Å²) in [5.41, 5.74) is 0.335. The predicted molar refractivity (Wildman–Crippen MR) is 102 cm³/mol. The van der Waals surface area contributed by atoms with Crippen molar-refractivity contribution in [1.29, 1.82) is 0 Å². The van der Waals surface area contributed by atoms with Gasteiger partial charge in [0, 0.05) is 18.8 Å². The first-order valence-corrected chi connectivity index (χ1v) is 9.97.